The molecule has 0 bridgehead atoms. The number of carbonyl (C=O) groups is 1. The lowest BCUT2D eigenvalue weighted by atomic mass is 10.1. The van der Waals surface area contributed by atoms with Crippen molar-refractivity contribution in [3.63, 3.8) is 0 Å². The third kappa shape index (κ3) is 5.20. The molecule has 2 aromatic carbocycles. The zero-order chi connectivity index (χ0) is 26.1. The van der Waals surface area contributed by atoms with E-state index in [0.717, 1.165) is 22.5 Å². The van der Waals surface area contributed by atoms with Crippen LogP contribution in [0.15, 0.2) is 59.8 Å². The molecule has 1 aromatic heterocycles. The molecule has 0 aliphatic carbocycles. The topological polar surface area (TPSA) is 119 Å². The third-order valence-electron chi connectivity index (χ3n) is 5.44. The number of alkyl halides is 3. The van der Waals surface area contributed by atoms with Gasteiger partial charge in [-0.2, -0.15) is 13.2 Å². The van der Waals surface area contributed by atoms with Crippen molar-refractivity contribution in [2.45, 2.75) is 30.0 Å². The van der Waals surface area contributed by atoms with E-state index in [9.17, 15) is 26.4 Å². The summed E-state index contributed by atoms with van der Waals surface area (Å²) in [5, 5.41) is 9.04. The molecule has 0 radical (unpaired) electrons. The Balaban J connectivity index is 1.81. The Labute approximate surface area is 204 Å². The van der Waals surface area contributed by atoms with Gasteiger partial charge in [0.15, 0.2) is 0 Å². The number of benzene rings is 2. The highest BCUT2D eigenvalue weighted by molar-refractivity contribution is 7.92. The van der Waals surface area contributed by atoms with E-state index in [1.807, 2.05) is 0 Å². The first kappa shape index (κ1) is 25.2. The Hall–Kier alpha value is -3.87. The number of aliphatic carboxylic acids is 1. The second-order valence-corrected chi connectivity index (χ2v) is 9.73. The average molecular weight is 523 g/mol. The molecule has 0 saturated carbocycles. The van der Waals surface area contributed by atoms with Crippen molar-refractivity contribution in [1.82, 2.24) is 9.97 Å². The molecule has 190 valence electrons. The van der Waals surface area contributed by atoms with Crippen LogP contribution in [0, 0.1) is 0 Å². The summed E-state index contributed by atoms with van der Waals surface area (Å²) >= 11 is 0. The lowest BCUT2D eigenvalue weighted by molar-refractivity contribution is -0.138. The zero-order valence-corrected chi connectivity index (χ0v) is 19.6. The summed E-state index contributed by atoms with van der Waals surface area (Å²) in [7, 11) is -3.08. The fourth-order valence-electron chi connectivity index (χ4n) is 3.68. The average Bonchev–Trinajstić information content (AvgIpc) is 2.86. The number of methoxy groups -OCH3 is 1. The van der Waals surface area contributed by atoms with Crippen LogP contribution in [0.5, 0.6) is 11.6 Å². The molecule has 1 aliphatic heterocycles. The number of ether oxygens (including phenoxy) is 2. The molecule has 9 nitrogen and oxygen atoms in total. The molecule has 2 heterocycles. The molecule has 4 rings (SSSR count). The number of hydrogen-bond donors (Lipinski definition) is 1. The van der Waals surface area contributed by atoms with Crippen LogP contribution in [0.4, 0.5) is 18.9 Å². The molecular weight excluding hydrogens is 503 g/mol. The number of hydrogen-bond acceptors (Lipinski definition) is 7. The van der Waals surface area contributed by atoms with Gasteiger partial charge in [-0.05, 0) is 42.8 Å². The Morgan fingerprint density at radius 2 is 2.00 bits per heavy atom. The molecule has 0 unspecified atom stereocenters. The number of rotatable bonds is 7. The Kier molecular flexibility index (Phi) is 6.76. The van der Waals surface area contributed by atoms with Gasteiger partial charge in [-0.3, -0.25) is 14.1 Å². The number of carboxylic acid groups (broad SMARTS) is 1. The largest absolute Gasteiger partial charge is 0.486 e. The number of sulfonamides is 1. The van der Waals surface area contributed by atoms with E-state index in [1.165, 1.54) is 31.6 Å². The number of aromatic nitrogens is 2. The van der Waals surface area contributed by atoms with E-state index in [1.54, 1.807) is 6.07 Å². The fourth-order valence-corrected chi connectivity index (χ4v) is 5.22. The van der Waals surface area contributed by atoms with Crippen LogP contribution in [0.1, 0.15) is 18.4 Å². The summed E-state index contributed by atoms with van der Waals surface area (Å²) in [4.78, 5) is 18.8. The maximum Gasteiger partial charge on any atom is 0.416 e. The number of halogens is 3. The van der Waals surface area contributed by atoms with Crippen LogP contribution in [0.3, 0.4) is 0 Å². The molecule has 36 heavy (non-hydrogen) atoms. The van der Waals surface area contributed by atoms with Gasteiger partial charge < -0.3 is 14.6 Å². The monoisotopic (exact) mass is 523 g/mol. The minimum absolute atomic E-state index is 0.00745. The quantitative estimate of drug-likeness (QED) is 0.494. The summed E-state index contributed by atoms with van der Waals surface area (Å²) in [6.45, 7) is -0.300. The van der Waals surface area contributed by atoms with Gasteiger partial charge >= 0.3 is 12.1 Å². The summed E-state index contributed by atoms with van der Waals surface area (Å²) < 4.78 is 78.9. The predicted molar refractivity (Wildman–Crippen MR) is 121 cm³/mol. The van der Waals surface area contributed by atoms with E-state index in [4.69, 9.17) is 14.6 Å². The first-order valence-electron chi connectivity index (χ1n) is 10.6. The molecule has 1 atom stereocenters. The SMILES string of the molecule is COc1cncc(-c2ccc3c(c2)N(S(=O)(=O)c2cccc(C(F)(F)F)c2)C[C@H](CCC(=O)O)O3)n1. The highest BCUT2D eigenvalue weighted by Gasteiger charge is 2.37. The van der Waals surface area contributed by atoms with Crippen molar-refractivity contribution < 1.29 is 41.0 Å². The normalized spacial score (nSPS) is 15.7. The molecule has 0 fully saturated rings. The summed E-state index contributed by atoms with van der Waals surface area (Å²) in [6.07, 6.45) is -3.04. The molecule has 1 N–H and O–H groups in total. The van der Waals surface area contributed by atoms with Crippen LogP contribution in [0.2, 0.25) is 0 Å². The second kappa shape index (κ2) is 9.64. The van der Waals surface area contributed by atoms with Crippen molar-refractivity contribution in [2.24, 2.45) is 0 Å². The number of carboxylic acids is 1. The van der Waals surface area contributed by atoms with E-state index >= 15 is 0 Å². The van der Waals surface area contributed by atoms with E-state index < -0.39 is 38.7 Å². The molecule has 0 spiro atoms. The van der Waals surface area contributed by atoms with Crippen molar-refractivity contribution in [3.8, 4) is 22.9 Å². The van der Waals surface area contributed by atoms with Crippen molar-refractivity contribution in [1.29, 1.82) is 0 Å². The van der Waals surface area contributed by atoms with Gasteiger partial charge in [0.1, 0.15) is 11.9 Å². The number of nitrogens with zero attached hydrogens (tertiary/aromatic N) is 3. The highest BCUT2D eigenvalue weighted by Crippen LogP contribution is 2.41. The van der Waals surface area contributed by atoms with Crippen LogP contribution >= 0.6 is 0 Å². The zero-order valence-electron chi connectivity index (χ0n) is 18.8. The summed E-state index contributed by atoms with van der Waals surface area (Å²) in [6, 6.07) is 8.00. The van der Waals surface area contributed by atoms with E-state index in [0.29, 0.717) is 17.3 Å². The maximum atomic E-state index is 13.6. The van der Waals surface area contributed by atoms with Gasteiger partial charge in [0.2, 0.25) is 5.88 Å². The Bertz CT molecular complexity index is 1400. The number of anilines is 1. The van der Waals surface area contributed by atoms with Gasteiger partial charge in [0, 0.05) is 12.0 Å². The molecule has 13 heteroatoms. The lowest BCUT2D eigenvalue weighted by Crippen LogP contribution is -2.43. The van der Waals surface area contributed by atoms with Gasteiger partial charge in [-0.1, -0.05) is 6.07 Å². The van der Waals surface area contributed by atoms with Gasteiger partial charge in [0.05, 0.1) is 47.9 Å². The minimum atomic E-state index is -4.74. The molecule has 0 amide bonds. The predicted octanol–water partition coefficient (Wildman–Crippen LogP) is 3.99. The molecule has 1 aliphatic rings. The minimum Gasteiger partial charge on any atom is -0.486 e. The van der Waals surface area contributed by atoms with Crippen molar-refractivity contribution >= 4 is 21.7 Å². The van der Waals surface area contributed by atoms with E-state index in [-0.39, 0.29) is 36.7 Å². The van der Waals surface area contributed by atoms with Gasteiger partial charge in [-0.25, -0.2) is 13.4 Å². The van der Waals surface area contributed by atoms with Gasteiger partial charge in [-0.15, -0.1) is 0 Å². The first-order valence-corrected chi connectivity index (χ1v) is 12.0. The standard InChI is InChI=1S/C23H20F3N3O6S/c1-34-21-12-27-11-18(28-21)14-5-7-20-19(9-14)29(13-16(35-20)6-8-22(30)31)36(32,33)17-4-2-3-15(10-17)23(24,25)26/h2-5,7,9-12,16H,6,8,13H2,1H3,(H,30,31)/t16-/m0/s1. The third-order valence-corrected chi connectivity index (χ3v) is 7.21. The maximum absolute atomic E-state index is 13.6. The summed E-state index contributed by atoms with van der Waals surface area (Å²) in [5.74, 6) is -0.737. The van der Waals surface area contributed by atoms with Crippen LogP contribution in [-0.4, -0.2) is 49.2 Å². The van der Waals surface area contributed by atoms with Crippen LogP contribution in [0.25, 0.3) is 11.3 Å². The molecule has 0 saturated heterocycles. The lowest BCUT2D eigenvalue weighted by Gasteiger charge is -2.35. The van der Waals surface area contributed by atoms with Crippen molar-refractivity contribution in [2.75, 3.05) is 18.0 Å². The Morgan fingerprint density at radius 3 is 2.69 bits per heavy atom. The van der Waals surface area contributed by atoms with Crippen molar-refractivity contribution in [3.05, 3.63) is 60.4 Å². The first-order chi connectivity index (χ1) is 17.0. The number of fused-ring (bicyclic) bond motifs is 1. The second-order valence-electron chi connectivity index (χ2n) is 7.86. The van der Waals surface area contributed by atoms with E-state index in [2.05, 4.69) is 9.97 Å². The fraction of sp³-hybridized carbons (Fsp3) is 0.261. The van der Waals surface area contributed by atoms with Gasteiger partial charge in [0.25, 0.3) is 10.0 Å². The highest BCUT2D eigenvalue weighted by atomic mass is 32.2. The van der Waals surface area contributed by atoms with Crippen LogP contribution in [-0.2, 0) is 21.0 Å². The molecular formula is C23H20F3N3O6S. The summed E-state index contributed by atoms with van der Waals surface area (Å²) in [5.41, 5.74) is -0.223. The van der Waals surface area contributed by atoms with Crippen LogP contribution < -0.4 is 13.8 Å². The molecule has 3 aromatic rings. The Morgan fingerprint density at radius 1 is 1.22 bits per heavy atom. The smallest absolute Gasteiger partial charge is 0.416 e.